The minimum Gasteiger partial charge on any atom is -0.459 e. The molecule has 0 radical (unpaired) electrons. The summed E-state index contributed by atoms with van der Waals surface area (Å²) in [7, 11) is 1.75. The number of anilines is 1. The third kappa shape index (κ3) is 6.72. The topological polar surface area (TPSA) is 99.0 Å². The monoisotopic (exact) mass is 565 g/mol. The second-order valence-corrected chi connectivity index (χ2v) is 8.45. The van der Waals surface area contributed by atoms with Crippen molar-refractivity contribution in [1.82, 2.24) is 15.5 Å². The van der Waals surface area contributed by atoms with E-state index < -0.39 is 0 Å². The Labute approximate surface area is 211 Å². The van der Waals surface area contributed by atoms with Crippen molar-refractivity contribution in [2.75, 3.05) is 25.5 Å². The number of nitrogens with zero attached hydrogens (tertiary/aromatic N) is 2. The van der Waals surface area contributed by atoms with E-state index in [1.165, 1.54) is 19.1 Å². The Kier molecular flexibility index (Phi) is 9.16. The van der Waals surface area contributed by atoms with Crippen LogP contribution in [-0.4, -0.2) is 48.9 Å². The molecule has 0 bridgehead atoms. The summed E-state index contributed by atoms with van der Waals surface area (Å²) in [5.74, 6) is 1.29. The van der Waals surface area contributed by atoms with Crippen molar-refractivity contribution >= 4 is 47.4 Å². The second kappa shape index (κ2) is 12.1. The number of nitrogens with one attached hydrogen (secondary N) is 3. The van der Waals surface area contributed by atoms with Gasteiger partial charge in [0.05, 0.1) is 6.26 Å². The molecule has 0 spiro atoms. The number of hydrogen-bond acceptors (Lipinski definition) is 4. The largest absolute Gasteiger partial charge is 0.459 e. The van der Waals surface area contributed by atoms with Crippen molar-refractivity contribution in [2.24, 2.45) is 10.9 Å². The van der Waals surface area contributed by atoms with Crippen molar-refractivity contribution < 1.29 is 14.0 Å². The van der Waals surface area contributed by atoms with Crippen molar-refractivity contribution in [1.29, 1.82) is 0 Å². The van der Waals surface area contributed by atoms with E-state index in [0.29, 0.717) is 18.1 Å². The fraction of sp³-hybridized carbons (Fsp3) is 0.458. The van der Waals surface area contributed by atoms with E-state index in [2.05, 4.69) is 20.9 Å². The van der Waals surface area contributed by atoms with Gasteiger partial charge in [-0.1, -0.05) is 25.0 Å². The summed E-state index contributed by atoms with van der Waals surface area (Å²) in [5.41, 5.74) is 1.77. The number of benzene rings is 1. The molecule has 1 aromatic heterocycles. The molecule has 2 aliphatic rings. The fourth-order valence-electron chi connectivity index (χ4n) is 4.39. The second-order valence-electron chi connectivity index (χ2n) is 8.45. The van der Waals surface area contributed by atoms with Crippen LogP contribution < -0.4 is 16.0 Å². The van der Waals surface area contributed by atoms with Crippen LogP contribution in [0.2, 0.25) is 0 Å². The van der Waals surface area contributed by atoms with E-state index >= 15 is 0 Å². The molecule has 4 rings (SSSR count). The van der Waals surface area contributed by atoms with Crippen LogP contribution in [0.4, 0.5) is 5.69 Å². The molecule has 1 aliphatic heterocycles. The van der Waals surface area contributed by atoms with Crippen LogP contribution in [-0.2, 0) is 11.3 Å². The summed E-state index contributed by atoms with van der Waals surface area (Å²) in [6, 6.07) is 11.1. The molecule has 2 heterocycles. The number of halogens is 1. The predicted molar refractivity (Wildman–Crippen MR) is 139 cm³/mol. The molecule has 1 unspecified atom stereocenters. The maximum Gasteiger partial charge on any atom is 0.291 e. The molecule has 1 aromatic carbocycles. The number of aliphatic imine (C=N–C) groups is 1. The zero-order chi connectivity index (χ0) is 22.3. The van der Waals surface area contributed by atoms with Crippen LogP contribution in [0.15, 0.2) is 52.1 Å². The predicted octanol–water partition coefficient (Wildman–Crippen LogP) is 3.61. The molecule has 3 N–H and O–H groups in total. The standard InChI is InChI=1S/C24H31N5O3.HI/c1-25-24(28-20-12-13-29(16-20)23(31)18-5-2-3-6-18)26-15-17-8-10-19(11-9-17)27-22(30)21-7-4-14-32-21;/h4,7-11,14,18,20H,2-3,5-6,12-13,15-16H2,1H3,(H,27,30)(H2,25,26,28);1H. The molecule has 2 fully saturated rings. The summed E-state index contributed by atoms with van der Waals surface area (Å²) in [6.45, 7) is 2.15. The summed E-state index contributed by atoms with van der Waals surface area (Å²) in [4.78, 5) is 31.0. The van der Waals surface area contributed by atoms with E-state index in [-0.39, 0.29) is 47.6 Å². The molecule has 178 valence electrons. The van der Waals surface area contributed by atoms with Gasteiger partial charge in [0.2, 0.25) is 5.91 Å². The first-order valence-electron chi connectivity index (χ1n) is 11.3. The lowest BCUT2D eigenvalue weighted by Gasteiger charge is -2.21. The fourth-order valence-corrected chi connectivity index (χ4v) is 4.39. The van der Waals surface area contributed by atoms with Gasteiger partial charge in [0.25, 0.3) is 5.91 Å². The molecule has 1 saturated carbocycles. The lowest BCUT2D eigenvalue weighted by Crippen LogP contribution is -2.45. The quantitative estimate of drug-likeness (QED) is 0.283. The van der Waals surface area contributed by atoms with E-state index in [9.17, 15) is 9.59 Å². The van der Waals surface area contributed by atoms with Gasteiger partial charge in [-0.2, -0.15) is 0 Å². The highest BCUT2D eigenvalue weighted by Crippen LogP contribution is 2.27. The van der Waals surface area contributed by atoms with E-state index in [1.54, 1.807) is 19.2 Å². The van der Waals surface area contributed by atoms with Crippen LogP contribution in [0.3, 0.4) is 0 Å². The average Bonchev–Trinajstić information content (AvgIpc) is 3.59. The summed E-state index contributed by atoms with van der Waals surface area (Å²) < 4.78 is 5.10. The average molecular weight is 565 g/mol. The zero-order valence-electron chi connectivity index (χ0n) is 18.9. The van der Waals surface area contributed by atoms with Gasteiger partial charge in [0.1, 0.15) is 0 Å². The van der Waals surface area contributed by atoms with Crippen molar-refractivity contribution in [3.05, 3.63) is 54.0 Å². The third-order valence-corrected chi connectivity index (χ3v) is 6.19. The Morgan fingerprint density at radius 2 is 1.88 bits per heavy atom. The van der Waals surface area contributed by atoms with Crippen molar-refractivity contribution in [3.8, 4) is 0 Å². The number of hydrogen-bond donors (Lipinski definition) is 3. The summed E-state index contributed by atoms with van der Waals surface area (Å²) in [5, 5.41) is 9.58. The number of carbonyl (C=O) groups is 2. The summed E-state index contributed by atoms with van der Waals surface area (Å²) in [6.07, 6.45) is 6.86. The minimum absolute atomic E-state index is 0. The summed E-state index contributed by atoms with van der Waals surface area (Å²) >= 11 is 0. The molecular formula is C24H32IN5O3. The number of amides is 2. The first-order valence-corrected chi connectivity index (χ1v) is 11.3. The Bertz CT molecular complexity index is 940. The van der Waals surface area contributed by atoms with Gasteiger partial charge in [-0.15, -0.1) is 24.0 Å². The van der Waals surface area contributed by atoms with Crippen molar-refractivity contribution in [3.63, 3.8) is 0 Å². The maximum absolute atomic E-state index is 12.6. The first-order chi connectivity index (χ1) is 15.6. The molecule has 8 nitrogen and oxygen atoms in total. The number of likely N-dealkylation sites (tertiary alicyclic amines) is 1. The molecule has 2 aromatic rings. The van der Waals surface area contributed by atoms with Crippen LogP contribution >= 0.6 is 24.0 Å². The molecule has 9 heteroatoms. The highest BCUT2D eigenvalue weighted by Gasteiger charge is 2.32. The molecule has 2 amide bonds. The van der Waals surface area contributed by atoms with Gasteiger partial charge in [0, 0.05) is 44.3 Å². The van der Waals surface area contributed by atoms with E-state index in [0.717, 1.165) is 43.9 Å². The number of carbonyl (C=O) groups excluding carboxylic acids is 2. The first kappa shape index (κ1) is 25.1. The normalized spacial score (nSPS) is 18.6. The highest BCUT2D eigenvalue weighted by atomic mass is 127. The number of guanidine groups is 1. The Morgan fingerprint density at radius 1 is 1.12 bits per heavy atom. The third-order valence-electron chi connectivity index (χ3n) is 6.19. The molecule has 1 aliphatic carbocycles. The van der Waals surface area contributed by atoms with Crippen LogP contribution in [0.1, 0.15) is 48.2 Å². The van der Waals surface area contributed by atoms with Gasteiger partial charge in [0.15, 0.2) is 11.7 Å². The minimum atomic E-state index is -0.275. The van der Waals surface area contributed by atoms with Gasteiger partial charge < -0.3 is 25.3 Å². The van der Waals surface area contributed by atoms with E-state index in [4.69, 9.17) is 4.42 Å². The molecule has 1 saturated heterocycles. The van der Waals surface area contributed by atoms with Gasteiger partial charge in [-0.3, -0.25) is 14.6 Å². The molecule has 33 heavy (non-hydrogen) atoms. The van der Waals surface area contributed by atoms with E-state index in [1.807, 2.05) is 29.2 Å². The van der Waals surface area contributed by atoms with Gasteiger partial charge >= 0.3 is 0 Å². The van der Waals surface area contributed by atoms with Gasteiger partial charge in [-0.05, 0) is 49.1 Å². The van der Waals surface area contributed by atoms with Gasteiger partial charge in [-0.25, -0.2) is 0 Å². The maximum atomic E-state index is 12.6. The van der Waals surface area contributed by atoms with Crippen LogP contribution in [0.25, 0.3) is 0 Å². The SMILES string of the molecule is CN=C(NCc1ccc(NC(=O)c2ccco2)cc1)NC1CCN(C(=O)C2CCCC2)C1.I. The number of rotatable bonds is 6. The molecular weight excluding hydrogens is 533 g/mol. The zero-order valence-corrected chi connectivity index (χ0v) is 21.2. The number of furan rings is 1. The smallest absolute Gasteiger partial charge is 0.291 e. The lowest BCUT2D eigenvalue weighted by atomic mass is 10.1. The van der Waals surface area contributed by atoms with Crippen molar-refractivity contribution in [2.45, 2.75) is 44.7 Å². The molecule has 1 atom stereocenters. The van der Waals surface area contributed by atoms with Crippen LogP contribution in [0, 0.1) is 5.92 Å². The lowest BCUT2D eigenvalue weighted by molar-refractivity contribution is -0.134. The van der Waals surface area contributed by atoms with Crippen LogP contribution in [0.5, 0.6) is 0 Å². The Hall–Kier alpha value is -2.56. The highest BCUT2D eigenvalue weighted by molar-refractivity contribution is 14.0. The Balaban J connectivity index is 0.00000306. The Morgan fingerprint density at radius 3 is 2.55 bits per heavy atom.